The minimum atomic E-state index is -0.389. The molecule has 1 fully saturated rings. The molecule has 0 spiro atoms. The normalized spacial score (nSPS) is 16.3. The number of nitrogens with zero attached hydrogens (tertiary/aromatic N) is 1. The average molecular weight is 362 g/mol. The monoisotopic (exact) mass is 362 g/mol. The molecule has 0 saturated heterocycles. The Morgan fingerprint density at radius 3 is 2.72 bits per heavy atom. The number of halogens is 1. The maximum absolute atomic E-state index is 10.6. The maximum Gasteiger partial charge on any atom is 0.270 e. The molecule has 0 amide bonds. The number of anilines is 1. The van der Waals surface area contributed by atoms with Gasteiger partial charge in [0, 0.05) is 34.5 Å². The number of nitro groups is 1. The fourth-order valence-electron chi connectivity index (χ4n) is 1.97. The molecule has 1 aliphatic rings. The summed E-state index contributed by atoms with van der Waals surface area (Å²) in [7, 11) is 0. The molecule has 1 aliphatic carbocycles. The molecule has 0 atom stereocenters. The number of aliphatic hydroxyl groups is 1. The smallest absolute Gasteiger partial charge is 0.270 e. The van der Waals surface area contributed by atoms with Crippen molar-refractivity contribution in [2.24, 2.45) is 5.41 Å². The lowest BCUT2D eigenvalue weighted by Gasteiger charge is -2.16. The summed E-state index contributed by atoms with van der Waals surface area (Å²) in [4.78, 5) is 10.2. The van der Waals surface area contributed by atoms with Crippen molar-refractivity contribution in [2.45, 2.75) is 19.3 Å². The highest BCUT2D eigenvalue weighted by atomic mass is 127. The molecule has 18 heavy (non-hydrogen) atoms. The third kappa shape index (κ3) is 3.11. The Bertz CT molecular complexity index is 461. The van der Waals surface area contributed by atoms with E-state index in [9.17, 15) is 10.1 Å². The Balaban J connectivity index is 2.00. The highest BCUT2D eigenvalue weighted by molar-refractivity contribution is 14.1. The quantitative estimate of drug-likeness (QED) is 0.464. The lowest BCUT2D eigenvalue weighted by Crippen LogP contribution is -2.17. The Kier molecular flexibility index (Phi) is 4.06. The van der Waals surface area contributed by atoms with Crippen molar-refractivity contribution < 1.29 is 10.0 Å². The summed E-state index contributed by atoms with van der Waals surface area (Å²) in [6.45, 7) is 1.04. The van der Waals surface area contributed by atoms with E-state index in [2.05, 4.69) is 27.9 Å². The molecule has 5 nitrogen and oxygen atoms in total. The third-order valence-electron chi connectivity index (χ3n) is 3.42. The van der Waals surface area contributed by atoms with Crippen molar-refractivity contribution in [3.05, 3.63) is 31.9 Å². The van der Waals surface area contributed by atoms with Gasteiger partial charge in [0.2, 0.25) is 0 Å². The number of non-ortho nitro benzene ring substituents is 1. The van der Waals surface area contributed by atoms with E-state index >= 15 is 0 Å². The average Bonchev–Trinajstić information content (AvgIpc) is 3.08. The fraction of sp³-hybridized carbons (Fsp3) is 0.500. The summed E-state index contributed by atoms with van der Waals surface area (Å²) in [5.41, 5.74) is 1.27. The van der Waals surface area contributed by atoms with Crippen LogP contribution in [0.2, 0.25) is 0 Å². The summed E-state index contributed by atoms with van der Waals surface area (Å²) < 4.78 is 0.849. The van der Waals surface area contributed by atoms with E-state index < -0.39 is 0 Å². The first-order valence-corrected chi connectivity index (χ1v) is 6.93. The highest BCUT2D eigenvalue weighted by Gasteiger charge is 2.41. The van der Waals surface area contributed by atoms with Crippen molar-refractivity contribution in [1.82, 2.24) is 0 Å². The van der Waals surface area contributed by atoms with Gasteiger partial charge < -0.3 is 10.4 Å². The zero-order valence-electron chi connectivity index (χ0n) is 9.86. The Hall–Kier alpha value is -0.890. The van der Waals surface area contributed by atoms with E-state index in [0.29, 0.717) is 0 Å². The molecule has 2 N–H and O–H groups in total. The van der Waals surface area contributed by atoms with Crippen LogP contribution < -0.4 is 5.32 Å². The first-order chi connectivity index (χ1) is 8.56. The Labute approximate surface area is 119 Å². The van der Waals surface area contributed by atoms with Crippen LogP contribution in [0.25, 0.3) is 0 Å². The number of hydrogen-bond acceptors (Lipinski definition) is 4. The molecule has 1 aromatic carbocycles. The molecule has 0 heterocycles. The number of benzene rings is 1. The summed E-state index contributed by atoms with van der Waals surface area (Å²) in [5.74, 6) is 0. The summed E-state index contributed by atoms with van der Waals surface area (Å²) in [5, 5.41) is 22.9. The molecule has 0 bridgehead atoms. The molecule has 0 unspecified atom stereocenters. The predicted octanol–water partition coefficient (Wildman–Crippen LogP) is 2.77. The first kappa shape index (κ1) is 13.5. The van der Waals surface area contributed by atoms with Crippen LogP contribution in [0.4, 0.5) is 11.4 Å². The topological polar surface area (TPSA) is 75.4 Å². The standard InChI is InChI=1S/C12H15IN2O3/c13-10-7-9(15(17)18)1-2-11(10)14-8-12(3-4-12)5-6-16/h1-2,7,14,16H,3-6,8H2. The first-order valence-electron chi connectivity index (χ1n) is 5.85. The maximum atomic E-state index is 10.6. The van der Waals surface area contributed by atoms with Gasteiger partial charge in [-0.25, -0.2) is 0 Å². The molecule has 0 aliphatic heterocycles. The van der Waals surface area contributed by atoms with Crippen molar-refractivity contribution in [3.63, 3.8) is 0 Å². The molecule has 1 saturated carbocycles. The number of nitro benzene ring substituents is 1. The highest BCUT2D eigenvalue weighted by Crippen LogP contribution is 2.48. The summed E-state index contributed by atoms with van der Waals surface area (Å²) in [6, 6.07) is 4.82. The van der Waals surface area contributed by atoms with Gasteiger partial charge in [-0.2, -0.15) is 0 Å². The van der Waals surface area contributed by atoms with E-state index in [1.165, 1.54) is 6.07 Å². The van der Waals surface area contributed by atoms with E-state index in [0.717, 1.165) is 35.1 Å². The lowest BCUT2D eigenvalue weighted by atomic mass is 10.0. The lowest BCUT2D eigenvalue weighted by molar-refractivity contribution is -0.384. The number of rotatable bonds is 6. The van der Waals surface area contributed by atoms with Crippen LogP contribution >= 0.6 is 22.6 Å². The largest absolute Gasteiger partial charge is 0.396 e. The van der Waals surface area contributed by atoms with E-state index in [4.69, 9.17) is 5.11 Å². The number of hydrogen-bond donors (Lipinski definition) is 2. The fourth-order valence-corrected chi connectivity index (χ4v) is 2.66. The Morgan fingerprint density at radius 2 is 2.22 bits per heavy atom. The van der Waals surface area contributed by atoms with Crippen LogP contribution in [0.1, 0.15) is 19.3 Å². The van der Waals surface area contributed by atoms with Crippen molar-refractivity contribution in [1.29, 1.82) is 0 Å². The minimum absolute atomic E-state index is 0.112. The van der Waals surface area contributed by atoms with Gasteiger partial charge in [-0.15, -0.1) is 0 Å². The van der Waals surface area contributed by atoms with Gasteiger partial charge in [-0.05, 0) is 53.3 Å². The van der Waals surface area contributed by atoms with Crippen molar-refractivity contribution in [3.8, 4) is 0 Å². The van der Waals surface area contributed by atoms with E-state index in [1.807, 2.05) is 0 Å². The van der Waals surface area contributed by atoms with Crippen LogP contribution in [0.15, 0.2) is 18.2 Å². The molecule has 98 valence electrons. The van der Waals surface area contributed by atoms with Crippen LogP contribution in [-0.2, 0) is 0 Å². The summed E-state index contributed by atoms with van der Waals surface area (Å²) >= 11 is 2.10. The molecule has 0 aromatic heterocycles. The SMILES string of the molecule is O=[N+]([O-])c1ccc(NCC2(CCO)CC2)c(I)c1. The molecular formula is C12H15IN2O3. The third-order valence-corrected chi connectivity index (χ3v) is 4.31. The van der Waals surface area contributed by atoms with Gasteiger partial charge in [0.15, 0.2) is 0 Å². The van der Waals surface area contributed by atoms with E-state index in [1.54, 1.807) is 12.1 Å². The zero-order valence-corrected chi connectivity index (χ0v) is 12.0. The van der Waals surface area contributed by atoms with Crippen LogP contribution in [-0.4, -0.2) is 23.2 Å². The second-order valence-corrected chi connectivity index (χ2v) is 5.91. The second kappa shape index (κ2) is 5.40. The van der Waals surface area contributed by atoms with Gasteiger partial charge in [0.05, 0.1) is 4.92 Å². The van der Waals surface area contributed by atoms with Gasteiger partial charge in [0.1, 0.15) is 0 Å². The van der Waals surface area contributed by atoms with E-state index in [-0.39, 0.29) is 22.6 Å². The Morgan fingerprint density at radius 1 is 1.50 bits per heavy atom. The van der Waals surface area contributed by atoms with Gasteiger partial charge in [0.25, 0.3) is 5.69 Å². The molecule has 0 radical (unpaired) electrons. The summed E-state index contributed by atoms with van der Waals surface area (Å²) in [6.07, 6.45) is 3.11. The molecule has 1 aromatic rings. The van der Waals surface area contributed by atoms with Crippen LogP contribution in [0, 0.1) is 19.1 Å². The second-order valence-electron chi connectivity index (χ2n) is 4.75. The predicted molar refractivity (Wildman–Crippen MR) is 77.7 cm³/mol. The number of aliphatic hydroxyl groups excluding tert-OH is 1. The van der Waals surface area contributed by atoms with Gasteiger partial charge >= 0.3 is 0 Å². The van der Waals surface area contributed by atoms with Gasteiger partial charge in [-0.3, -0.25) is 10.1 Å². The van der Waals surface area contributed by atoms with Crippen LogP contribution in [0.3, 0.4) is 0 Å². The van der Waals surface area contributed by atoms with Crippen molar-refractivity contribution in [2.75, 3.05) is 18.5 Å². The van der Waals surface area contributed by atoms with Gasteiger partial charge in [-0.1, -0.05) is 0 Å². The number of nitrogens with one attached hydrogen (secondary N) is 1. The minimum Gasteiger partial charge on any atom is -0.396 e. The molecular weight excluding hydrogens is 347 g/mol. The molecule has 2 rings (SSSR count). The van der Waals surface area contributed by atoms with Crippen molar-refractivity contribution >= 4 is 34.0 Å². The zero-order chi connectivity index (χ0) is 13.2. The van der Waals surface area contributed by atoms with Crippen LogP contribution in [0.5, 0.6) is 0 Å². The molecule has 6 heteroatoms.